The Morgan fingerprint density at radius 1 is 1.23 bits per heavy atom. The number of hydrogen-bond acceptors (Lipinski definition) is 5. The van der Waals surface area contributed by atoms with E-state index in [0.717, 1.165) is 0 Å². The molecule has 10 heteroatoms. The van der Waals surface area contributed by atoms with Crippen LogP contribution >= 0.6 is 0 Å². The zero-order valence-electron chi connectivity index (χ0n) is 16.1. The fraction of sp³-hybridized carbons (Fsp3) is 0.300. The van der Waals surface area contributed by atoms with Crippen molar-refractivity contribution in [3.63, 3.8) is 0 Å². The molecule has 2 aromatic rings. The second-order valence-corrected chi connectivity index (χ2v) is 6.44. The molecule has 0 aliphatic carbocycles. The molecule has 0 radical (unpaired) electrons. The van der Waals surface area contributed by atoms with Gasteiger partial charge in [0.2, 0.25) is 5.91 Å². The Morgan fingerprint density at radius 3 is 2.53 bits per heavy atom. The summed E-state index contributed by atoms with van der Waals surface area (Å²) in [5.74, 6) is -0.650. The first-order valence-electron chi connectivity index (χ1n) is 8.71. The number of hydrogen-bond donors (Lipinski definition) is 2. The van der Waals surface area contributed by atoms with Gasteiger partial charge < -0.3 is 15.0 Å². The molecule has 2 N–H and O–H groups in total. The summed E-state index contributed by atoms with van der Waals surface area (Å²) in [6.45, 7) is 1.77. The Balaban J connectivity index is 2.08. The van der Waals surface area contributed by atoms with Crippen LogP contribution in [0.25, 0.3) is 0 Å². The van der Waals surface area contributed by atoms with Crippen molar-refractivity contribution in [3.05, 3.63) is 56.5 Å². The normalized spacial score (nSPS) is 10.8. The van der Waals surface area contributed by atoms with E-state index in [1.165, 1.54) is 18.2 Å². The number of halogens is 3. The van der Waals surface area contributed by atoms with Gasteiger partial charge in [0.1, 0.15) is 23.5 Å². The van der Waals surface area contributed by atoms with E-state index in [9.17, 15) is 22.8 Å². The highest BCUT2D eigenvalue weighted by Crippen LogP contribution is 2.25. The predicted molar refractivity (Wildman–Crippen MR) is 101 cm³/mol. The van der Waals surface area contributed by atoms with Crippen LogP contribution in [0.1, 0.15) is 34.4 Å². The van der Waals surface area contributed by atoms with Gasteiger partial charge >= 0.3 is 6.18 Å². The molecule has 7 nitrogen and oxygen atoms in total. The van der Waals surface area contributed by atoms with Gasteiger partial charge in [0, 0.05) is 17.8 Å². The number of aromatic amines is 1. The Labute approximate surface area is 169 Å². The van der Waals surface area contributed by atoms with Crippen molar-refractivity contribution in [2.24, 2.45) is 0 Å². The quantitative estimate of drug-likeness (QED) is 0.746. The summed E-state index contributed by atoms with van der Waals surface area (Å²) in [6.07, 6.45) is -4.26. The smallest absolute Gasteiger partial charge is 0.422 e. The number of nitrogens with zero attached hydrogens (tertiary/aromatic N) is 2. The molecule has 0 saturated carbocycles. The van der Waals surface area contributed by atoms with Crippen LogP contribution in [0.5, 0.6) is 5.75 Å². The zero-order valence-corrected chi connectivity index (χ0v) is 16.1. The van der Waals surface area contributed by atoms with Crippen LogP contribution in [0.15, 0.2) is 23.0 Å². The van der Waals surface area contributed by atoms with Crippen LogP contribution in [0, 0.1) is 36.5 Å². The molecule has 0 aliphatic heterocycles. The third-order valence-corrected chi connectivity index (χ3v) is 4.30. The van der Waals surface area contributed by atoms with Gasteiger partial charge in [-0.2, -0.15) is 23.7 Å². The average molecular weight is 418 g/mol. The van der Waals surface area contributed by atoms with Crippen LogP contribution in [0.4, 0.5) is 18.9 Å². The molecular weight excluding hydrogens is 401 g/mol. The van der Waals surface area contributed by atoms with Gasteiger partial charge in [-0.25, -0.2) is 0 Å². The number of anilines is 1. The van der Waals surface area contributed by atoms with Crippen molar-refractivity contribution in [2.75, 3.05) is 11.9 Å². The summed E-state index contributed by atoms with van der Waals surface area (Å²) in [5, 5.41) is 20.8. The van der Waals surface area contributed by atoms with E-state index < -0.39 is 24.2 Å². The topological polar surface area (TPSA) is 119 Å². The highest BCUT2D eigenvalue weighted by atomic mass is 19.4. The number of amides is 1. The van der Waals surface area contributed by atoms with E-state index in [1.54, 1.807) is 19.9 Å². The molecule has 0 aliphatic rings. The van der Waals surface area contributed by atoms with Gasteiger partial charge in [0.05, 0.1) is 5.56 Å². The maximum atomic E-state index is 12.3. The van der Waals surface area contributed by atoms with Crippen LogP contribution in [-0.4, -0.2) is 23.7 Å². The van der Waals surface area contributed by atoms with Crippen LogP contribution in [0.2, 0.25) is 0 Å². The third-order valence-electron chi connectivity index (χ3n) is 4.30. The number of nitriles is 2. The molecule has 156 valence electrons. The van der Waals surface area contributed by atoms with Crippen molar-refractivity contribution in [3.8, 4) is 17.9 Å². The Bertz CT molecular complexity index is 1110. The molecule has 0 saturated heterocycles. The first-order valence-corrected chi connectivity index (χ1v) is 8.71. The van der Waals surface area contributed by atoms with Gasteiger partial charge in [-0.05, 0) is 49.6 Å². The van der Waals surface area contributed by atoms with Crippen molar-refractivity contribution in [1.29, 1.82) is 10.5 Å². The molecule has 1 heterocycles. The Kier molecular flexibility index (Phi) is 6.85. The molecule has 0 bridgehead atoms. The number of aromatic nitrogens is 1. The van der Waals surface area contributed by atoms with E-state index in [1.807, 2.05) is 6.07 Å². The Hall–Kier alpha value is -3.79. The number of carbonyl (C=O) groups is 1. The third kappa shape index (κ3) is 5.61. The lowest BCUT2D eigenvalue weighted by atomic mass is 9.99. The standard InChI is InChI=1S/C20H17F3N4O3/c1-11-15(12(2)26-19(29)16(11)9-25)4-6-18(28)27-14-3-5-17(13(7-14)8-24)30-10-20(21,22)23/h3,5,7H,4,6,10H2,1-2H3,(H,26,29)(H,27,28). The van der Waals surface area contributed by atoms with E-state index in [-0.39, 0.29) is 35.4 Å². The van der Waals surface area contributed by atoms with Gasteiger partial charge in [-0.1, -0.05) is 0 Å². The highest BCUT2D eigenvalue weighted by molar-refractivity contribution is 5.91. The second-order valence-electron chi connectivity index (χ2n) is 6.44. The fourth-order valence-electron chi connectivity index (χ4n) is 2.86. The molecule has 0 unspecified atom stereocenters. The molecule has 0 fully saturated rings. The Morgan fingerprint density at radius 2 is 1.93 bits per heavy atom. The molecule has 0 spiro atoms. The minimum Gasteiger partial charge on any atom is -0.483 e. The van der Waals surface area contributed by atoms with Crippen molar-refractivity contribution in [1.82, 2.24) is 4.98 Å². The van der Waals surface area contributed by atoms with Crippen LogP contribution in [0.3, 0.4) is 0 Å². The number of rotatable bonds is 6. The highest BCUT2D eigenvalue weighted by Gasteiger charge is 2.29. The van der Waals surface area contributed by atoms with Crippen molar-refractivity contribution >= 4 is 11.6 Å². The number of H-pyrrole nitrogens is 1. The summed E-state index contributed by atoms with van der Waals surface area (Å²) in [4.78, 5) is 26.6. The van der Waals surface area contributed by atoms with E-state index in [4.69, 9.17) is 10.5 Å². The van der Waals surface area contributed by atoms with E-state index in [2.05, 4.69) is 15.0 Å². The first kappa shape index (κ1) is 22.5. The minimum atomic E-state index is -4.54. The monoisotopic (exact) mass is 418 g/mol. The van der Waals surface area contributed by atoms with Crippen LogP contribution in [-0.2, 0) is 11.2 Å². The number of ether oxygens (including phenoxy) is 1. The molecule has 0 atom stereocenters. The summed E-state index contributed by atoms with van der Waals surface area (Å²) in [7, 11) is 0. The lowest BCUT2D eigenvalue weighted by molar-refractivity contribution is -0.153. The van der Waals surface area contributed by atoms with E-state index in [0.29, 0.717) is 16.8 Å². The summed E-state index contributed by atoms with van der Waals surface area (Å²) in [5.41, 5.74) is 1.31. The lowest BCUT2D eigenvalue weighted by Crippen LogP contribution is -2.20. The first-order chi connectivity index (χ1) is 14.1. The number of nitrogens with one attached hydrogen (secondary N) is 2. The maximum absolute atomic E-state index is 12.3. The predicted octanol–water partition coefficient (Wildman–Crippen LogP) is 3.25. The number of pyridine rings is 1. The molecule has 1 amide bonds. The van der Waals surface area contributed by atoms with Gasteiger partial charge in [-0.3, -0.25) is 9.59 Å². The second kappa shape index (κ2) is 9.14. The van der Waals surface area contributed by atoms with Gasteiger partial charge in [-0.15, -0.1) is 0 Å². The van der Waals surface area contributed by atoms with Crippen molar-refractivity contribution < 1.29 is 22.7 Å². The van der Waals surface area contributed by atoms with Gasteiger partial charge in [0.15, 0.2) is 6.61 Å². The molecular formula is C20H17F3N4O3. The molecule has 2 rings (SSSR count). The number of benzene rings is 1. The fourth-order valence-corrected chi connectivity index (χ4v) is 2.86. The lowest BCUT2D eigenvalue weighted by Gasteiger charge is -2.13. The average Bonchev–Trinajstić information content (AvgIpc) is 2.66. The summed E-state index contributed by atoms with van der Waals surface area (Å²) in [6, 6.07) is 7.29. The van der Waals surface area contributed by atoms with Crippen molar-refractivity contribution in [2.45, 2.75) is 32.9 Å². The molecule has 1 aromatic heterocycles. The van der Waals surface area contributed by atoms with Gasteiger partial charge in [0.25, 0.3) is 5.56 Å². The number of carbonyl (C=O) groups excluding carboxylic acids is 1. The number of alkyl halides is 3. The molecule has 1 aromatic carbocycles. The van der Waals surface area contributed by atoms with Crippen LogP contribution < -0.4 is 15.6 Å². The number of aryl methyl sites for hydroxylation is 1. The summed E-state index contributed by atoms with van der Waals surface area (Å²) >= 11 is 0. The SMILES string of the molecule is Cc1[nH]c(=O)c(C#N)c(C)c1CCC(=O)Nc1ccc(OCC(F)(F)F)c(C#N)c1. The zero-order chi connectivity index (χ0) is 22.5. The minimum absolute atomic E-state index is 0.0101. The molecule has 30 heavy (non-hydrogen) atoms. The largest absolute Gasteiger partial charge is 0.483 e. The summed E-state index contributed by atoms with van der Waals surface area (Å²) < 4.78 is 41.4. The van der Waals surface area contributed by atoms with E-state index >= 15 is 0 Å². The maximum Gasteiger partial charge on any atom is 0.422 e.